The van der Waals surface area contributed by atoms with Gasteiger partial charge in [0.25, 0.3) is 0 Å². The number of nitrogens with one attached hydrogen (secondary N) is 1. The topological polar surface area (TPSA) is 83.8 Å². The van der Waals surface area contributed by atoms with Crippen molar-refractivity contribution in [2.45, 2.75) is 6.54 Å². The number of aromatic nitrogens is 1. The summed E-state index contributed by atoms with van der Waals surface area (Å²) in [4.78, 5) is 24.9. The highest BCUT2D eigenvalue weighted by atomic mass is 16.5. The second-order valence-electron chi connectivity index (χ2n) is 4.63. The molecule has 2 heterocycles. The fourth-order valence-corrected chi connectivity index (χ4v) is 2.13. The number of carbonyl (C=O) groups is 2. The normalized spacial score (nSPS) is 16.0. The molecule has 0 aliphatic carbocycles. The fraction of sp³-hybridized carbons (Fsp3) is 0.538. The summed E-state index contributed by atoms with van der Waals surface area (Å²) in [6.07, 6.45) is 1.59. The molecule has 0 bridgehead atoms. The van der Waals surface area contributed by atoms with Crippen molar-refractivity contribution in [3.8, 4) is 0 Å². The molecule has 0 aromatic carbocycles. The molecule has 7 heteroatoms. The van der Waals surface area contributed by atoms with Crippen LogP contribution in [0.25, 0.3) is 0 Å². The third-order valence-corrected chi connectivity index (χ3v) is 3.22. The first kappa shape index (κ1) is 14.5. The van der Waals surface area contributed by atoms with Gasteiger partial charge in [-0.1, -0.05) is 0 Å². The summed E-state index contributed by atoms with van der Waals surface area (Å²) in [5.74, 6) is -1.21. The predicted molar refractivity (Wildman–Crippen MR) is 71.7 cm³/mol. The minimum absolute atomic E-state index is 0.0255. The van der Waals surface area contributed by atoms with Gasteiger partial charge in [-0.3, -0.25) is 9.69 Å². The Kier molecular flexibility index (Phi) is 5.14. The number of hydrogen-bond acceptors (Lipinski definition) is 4. The highest BCUT2D eigenvalue weighted by Gasteiger charge is 2.12. The van der Waals surface area contributed by atoms with Crippen molar-refractivity contribution in [1.29, 1.82) is 0 Å². The van der Waals surface area contributed by atoms with E-state index in [-0.39, 0.29) is 18.1 Å². The van der Waals surface area contributed by atoms with Crippen LogP contribution < -0.4 is 5.32 Å². The van der Waals surface area contributed by atoms with E-state index in [4.69, 9.17) is 9.84 Å². The first-order valence-corrected chi connectivity index (χ1v) is 6.62. The van der Waals surface area contributed by atoms with Gasteiger partial charge in [0.15, 0.2) is 0 Å². The van der Waals surface area contributed by atoms with Gasteiger partial charge in [-0.05, 0) is 12.1 Å². The van der Waals surface area contributed by atoms with E-state index in [0.717, 1.165) is 32.8 Å². The maximum absolute atomic E-state index is 11.8. The first-order chi connectivity index (χ1) is 9.66. The van der Waals surface area contributed by atoms with Crippen molar-refractivity contribution < 1.29 is 19.4 Å². The molecular formula is C13H19N3O4. The van der Waals surface area contributed by atoms with Crippen LogP contribution in [0.1, 0.15) is 10.5 Å². The van der Waals surface area contributed by atoms with Crippen LogP contribution in [0.5, 0.6) is 0 Å². The van der Waals surface area contributed by atoms with Gasteiger partial charge in [0.1, 0.15) is 12.2 Å². The number of nitrogens with zero attached hydrogens (tertiary/aromatic N) is 2. The van der Waals surface area contributed by atoms with E-state index in [0.29, 0.717) is 6.54 Å². The smallest absolute Gasteiger partial charge is 0.352 e. The van der Waals surface area contributed by atoms with Crippen molar-refractivity contribution in [3.63, 3.8) is 0 Å². The maximum Gasteiger partial charge on any atom is 0.352 e. The van der Waals surface area contributed by atoms with Crippen LogP contribution in [0.4, 0.5) is 0 Å². The maximum atomic E-state index is 11.8. The molecular weight excluding hydrogens is 262 g/mol. The van der Waals surface area contributed by atoms with Crippen LogP contribution >= 0.6 is 0 Å². The molecule has 1 fully saturated rings. The monoisotopic (exact) mass is 281 g/mol. The Balaban J connectivity index is 1.72. The Labute approximate surface area is 117 Å². The molecule has 1 aromatic heterocycles. The highest BCUT2D eigenvalue weighted by Crippen LogP contribution is 2.02. The molecule has 7 nitrogen and oxygen atoms in total. The second kappa shape index (κ2) is 7.06. The van der Waals surface area contributed by atoms with E-state index in [9.17, 15) is 9.59 Å². The van der Waals surface area contributed by atoms with Crippen LogP contribution in [0.15, 0.2) is 18.3 Å². The number of carbonyl (C=O) groups excluding carboxylic acids is 1. The standard InChI is InChI=1S/C13H19N3O4/c17-12(10-16-4-1-2-11(16)13(18)19)14-3-5-15-6-8-20-9-7-15/h1-2,4H,3,5-10H2,(H,14,17)(H,18,19). The summed E-state index contributed by atoms with van der Waals surface area (Å²) in [5, 5.41) is 11.7. The Bertz CT molecular complexity index is 466. The number of hydrogen-bond donors (Lipinski definition) is 2. The van der Waals surface area contributed by atoms with Crippen LogP contribution in [0, 0.1) is 0 Å². The molecule has 1 aliphatic heterocycles. The van der Waals surface area contributed by atoms with Gasteiger partial charge in [-0.15, -0.1) is 0 Å². The lowest BCUT2D eigenvalue weighted by Crippen LogP contribution is -2.41. The summed E-state index contributed by atoms with van der Waals surface area (Å²) in [6.45, 7) is 4.61. The first-order valence-electron chi connectivity index (χ1n) is 6.62. The number of ether oxygens (including phenoxy) is 1. The van der Waals surface area contributed by atoms with Gasteiger partial charge >= 0.3 is 5.97 Å². The summed E-state index contributed by atoms with van der Waals surface area (Å²) in [5.41, 5.74) is 0.119. The predicted octanol–water partition coefficient (Wildman–Crippen LogP) is -0.365. The highest BCUT2D eigenvalue weighted by molar-refractivity contribution is 5.86. The van der Waals surface area contributed by atoms with Gasteiger partial charge in [-0.2, -0.15) is 0 Å². The minimum Gasteiger partial charge on any atom is -0.477 e. The zero-order valence-electron chi connectivity index (χ0n) is 11.2. The largest absolute Gasteiger partial charge is 0.477 e. The van der Waals surface area contributed by atoms with Crippen LogP contribution in [-0.2, 0) is 16.1 Å². The van der Waals surface area contributed by atoms with E-state index in [1.807, 2.05) is 0 Å². The number of morpholine rings is 1. The molecule has 1 amide bonds. The third-order valence-electron chi connectivity index (χ3n) is 3.22. The average Bonchev–Trinajstić information content (AvgIpc) is 2.88. The van der Waals surface area contributed by atoms with Gasteiger partial charge < -0.3 is 19.7 Å². The zero-order valence-corrected chi connectivity index (χ0v) is 11.2. The Morgan fingerprint density at radius 1 is 1.35 bits per heavy atom. The van der Waals surface area contributed by atoms with Crippen molar-refractivity contribution in [3.05, 3.63) is 24.0 Å². The zero-order chi connectivity index (χ0) is 14.4. The van der Waals surface area contributed by atoms with Gasteiger partial charge in [0, 0.05) is 32.4 Å². The molecule has 0 saturated carbocycles. The third kappa shape index (κ3) is 4.07. The van der Waals surface area contributed by atoms with Crippen LogP contribution in [-0.4, -0.2) is 65.8 Å². The molecule has 20 heavy (non-hydrogen) atoms. The molecule has 0 atom stereocenters. The number of amides is 1. The van der Waals surface area contributed by atoms with Crippen molar-refractivity contribution >= 4 is 11.9 Å². The number of carboxylic acid groups (broad SMARTS) is 1. The number of carboxylic acids is 1. The van der Waals surface area contributed by atoms with E-state index in [1.54, 1.807) is 12.3 Å². The minimum atomic E-state index is -1.03. The quantitative estimate of drug-likeness (QED) is 0.743. The molecule has 2 N–H and O–H groups in total. The van der Waals surface area contributed by atoms with E-state index < -0.39 is 5.97 Å². The molecule has 1 aliphatic rings. The molecule has 0 radical (unpaired) electrons. The van der Waals surface area contributed by atoms with E-state index in [2.05, 4.69) is 10.2 Å². The summed E-state index contributed by atoms with van der Waals surface area (Å²) < 4.78 is 6.67. The fourth-order valence-electron chi connectivity index (χ4n) is 2.13. The Morgan fingerprint density at radius 2 is 2.10 bits per heavy atom. The average molecular weight is 281 g/mol. The summed E-state index contributed by atoms with van der Waals surface area (Å²) in [6, 6.07) is 3.09. The number of aromatic carboxylic acids is 1. The molecule has 0 spiro atoms. The Hall–Kier alpha value is -1.86. The van der Waals surface area contributed by atoms with Gasteiger partial charge in [-0.25, -0.2) is 4.79 Å². The molecule has 1 aromatic rings. The lowest BCUT2D eigenvalue weighted by Gasteiger charge is -2.26. The lowest BCUT2D eigenvalue weighted by atomic mass is 10.4. The van der Waals surface area contributed by atoms with E-state index >= 15 is 0 Å². The van der Waals surface area contributed by atoms with Crippen molar-refractivity contribution in [1.82, 2.24) is 14.8 Å². The van der Waals surface area contributed by atoms with Gasteiger partial charge in [0.05, 0.1) is 13.2 Å². The Morgan fingerprint density at radius 3 is 2.80 bits per heavy atom. The van der Waals surface area contributed by atoms with Crippen LogP contribution in [0.2, 0.25) is 0 Å². The van der Waals surface area contributed by atoms with Gasteiger partial charge in [0.2, 0.25) is 5.91 Å². The molecule has 0 unspecified atom stereocenters. The van der Waals surface area contributed by atoms with Crippen molar-refractivity contribution in [2.24, 2.45) is 0 Å². The van der Waals surface area contributed by atoms with Crippen molar-refractivity contribution in [2.75, 3.05) is 39.4 Å². The van der Waals surface area contributed by atoms with Crippen LogP contribution in [0.3, 0.4) is 0 Å². The summed E-state index contributed by atoms with van der Waals surface area (Å²) >= 11 is 0. The van der Waals surface area contributed by atoms with E-state index in [1.165, 1.54) is 10.6 Å². The lowest BCUT2D eigenvalue weighted by molar-refractivity contribution is -0.121. The second-order valence-corrected chi connectivity index (χ2v) is 4.63. The summed E-state index contributed by atoms with van der Waals surface area (Å²) in [7, 11) is 0. The SMILES string of the molecule is O=C(Cn1cccc1C(=O)O)NCCN1CCOCC1. The molecule has 1 saturated heterocycles. The number of rotatable bonds is 6. The molecule has 110 valence electrons. The molecule has 2 rings (SSSR count).